The van der Waals surface area contributed by atoms with Crippen LogP contribution in [0.25, 0.3) is 0 Å². The van der Waals surface area contributed by atoms with E-state index in [1.165, 1.54) is 38.2 Å². The molecule has 0 radical (unpaired) electrons. The Morgan fingerprint density at radius 1 is 1.28 bits per heavy atom. The van der Waals surface area contributed by atoms with E-state index in [1.54, 1.807) is 6.07 Å². The average Bonchev–Trinajstić information content (AvgIpc) is 2.56. The second-order valence-electron chi connectivity index (χ2n) is 5.55. The topological polar surface area (TPSA) is 38.0 Å². The van der Waals surface area contributed by atoms with Crippen LogP contribution >= 0.6 is 0 Å². The van der Waals surface area contributed by atoms with Crippen molar-refractivity contribution in [3.63, 3.8) is 0 Å². The van der Waals surface area contributed by atoms with Gasteiger partial charge in [0.25, 0.3) is 0 Å². The zero-order valence-electron chi connectivity index (χ0n) is 11.1. The maximum absolute atomic E-state index is 13.3. The van der Waals surface area contributed by atoms with Crippen molar-refractivity contribution >= 4 is 5.69 Å². The molecule has 0 spiro atoms. The maximum Gasteiger partial charge on any atom is 0.146 e. The van der Waals surface area contributed by atoms with Crippen molar-refractivity contribution in [2.75, 3.05) is 5.73 Å². The number of hydrogen-bond donors (Lipinski definition) is 2. The molecule has 3 heteroatoms. The predicted molar refractivity (Wildman–Crippen MR) is 73.7 cm³/mol. The van der Waals surface area contributed by atoms with E-state index in [0.717, 1.165) is 18.0 Å². The van der Waals surface area contributed by atoms with Crippen LogP contribution in [0.15, 0.2) is 18.2 Å². The molecule has 18 heavy (non-hydrogen) atoms. The van der Waals surface area contributed by atoms with E-state index in [0.29, 0.717) is 6.04 Å². The number of rotatable bonds is 3. The Morgan fingerprint density at radius 2 is 2.11 bits per heavy atom. The van der Waals surface area contributed by atoms with Gasteiger partial charge in [-0.25, -0.2) is 4.39 Å². The van der Waals surface area contributed by atoms with Gasteiger partial charge in [-0.05, 0) is 42.9 Å². The van der Waals surface area contributed by atoms with Crippen molar-refractivity contribution in [3.05, 3.63) is 29.6 Å². The molecule has 0 heterocycles. The van der Waals surface area contributed by atoms with E-state index < -0.39 is 0 Å². The highest BCUT2D eigenvalue weighted by molar-refractivity contribution is 5.41. The number of nitrogens with two attached hydrogens (primary N) is 1. The predicted octanol–water partition coefficient (Wildman–Crippen LogP) is 3.47. The van der Waals surface area contributed by atoms with Crippen molar-refractivity contribution in [1.82, 2.24) is 5.32 Å². The van der Waals surface area contributed by atoms with Gasteiger partial charge in [0.1, 0.15) is 5.82 Å². The Balaban J connectivity index is 1.85. The third-order valence-corrected chi connectivity index (χ3v) is 3.92. The number of hydrogen-bond acceptors (Lipinski definition) is 2. The van der Waals surface area contributed by atoms with Gasteiger partial charge in [0.2, 0.25) is 0 Å². The smallest absolute Gasteiger partial charge is 0.146 e. The monoisotopic (exact) mass is 250 g/mol. The van der Waals surface area contributed by atoms with Gasteiger partial charge in [-0.1, -0.05) is 25.8 Å². The lowest BCUT2D eigenvalue weighted by Crippen LogP contribution is -2.28. The molecule has 1 aliphatic rings. The first-order valence-electron chi connectivity index (χ1n) is 6.92. The minimum atomic E-state index is -0.316. The summed E-state index contributed by atoms with van der Waals surface area (Å²) in [4.78, 5) is 0. The average molecular weight is 250 g/mol. The van der Waals surface area contributed by atoms with Crippen LogP contribution in [0.4, 0.5) is 10.1 Å². The van der Waals surface area contributed by atoms with Crippen molar-refractivity contribution in [3.8, 4) is 0 Å². The van der Waals surface area contributed by atoms with Crippen LogP contribution in [0.2, 0.25) is 0 Å². The molecule has 0 aliphatic heterocycles. The van der Waals surface area contributed by atoms with E-state index in [-0.39, 0.29) is 11.5 Å². The van der Waals surface area contributed by atoms with Crippen molar-refractivity contribution in [2.45, 2.75) is 51.6 Å². The zero-order valence-corrected chi connectivity index (χ0v) is 11.1. The van der Waals surface area contributed by atoms with E-state index >= 15 is 0 Å². The molecule has 2 nitrogen and oxygen atoms in total. The molecule has 1 aromatic rings. The van der Waals surface area contributed by atoms with Crippen LogP contribution in [-0.2, 0) is 6.54 Å². The first kappa shape index (κ1) is 13.3. The molecule has 1 aliphatic carbocycles. The van der Waals surface area contributed by atoms with Gasteiger partial charge in [0.05, 0.1) is 5.69 Å². The zero-order chi connectivity index (χ0) is 13.0. The van der Waals surface area contributed by atoms with Gasteiger partial charge >= 0.3 is 0 Å². The van der Waals surface area contributed by atoms with E-state index in [9.17, 15) is 4.39 Å². The molecule has 2 atom stereocenters. The van der Waals surface area contributed by atoms with Crippen LogP contribution in [0, 0.1) is 11.7 Å². The Labute approximate surface area is 109 Å². The SMILES string of the molecule is CC1CCCC(NCc2ccc(N)c(F)c2)CC1. The highest BCUT2D eigenvalue weighted by atomic mass is 19.1. The Morgan fingerprint density at radius 3 is 2.89 bits per heavy atom. The number of nitrogen functional groups attached to an aromatic ring is 1. The minimum Gasteiger partial charge on any atom is -0.396 e. The first-order valence-corrected chi connectivity index (χ1v) is 6.92. The van der Waals surface area contributed by atoms with Gasteiger partial charge in [-0.3, -0.25) is 0 Å². The molecule has 2 rings (SSSR count). The highest BCUT2D eigenvalue weighted by Gasteiger charge is 2.15. The van der Waals surface area contributed by atoms with Crippen LogP contribution in [0.3, 0.4) is 0 Å². The number of nitrogens with one attached hydrogen (secondary N) is 1. The summed E-state index contributed by atoms with van der Waals surface area (Å²) in [6.07, 6.45) is 6.41. The molecule has 0 bridgehead atoms. The minimum absolute atomic E-state index is 0.224. The van der Waals surface area contributed by atoms with Crippen LogP contribution in [0.5, 0.6) is 0 Å². The van der Waals surface area contributed by atoms with Crippen LogP contribution in [-0.4, -0.2) is 6.04 Å². The quantitative estimate of drug-likeness (QED) is 0.637. The number of benzene rings is 1. The first-order chi connectivity index (χ1) is 8.65. The van der Waals surface area contributed by atoms with Gasteiger partial charge in [-0.2, -0.15) is 0 Å². The largest absolute Gasteiger partial charge is 0.396 e. The summed E-state index contributed by atoms with van der Waals surface area (Å²) in [5.74, 6) is 0.537. The summed E-state index contributed by atoms with van der Waals surface area (Å²) in [5.41, 5.74) is 6.66. The van der Waals surface area contributed by atoms with Gasteiger partial charge in [0.15, 0.2) is 0 Å². The van der Waals surface area contributed by atoms with E-state index in [1.807, 2.05) is 6.07 Å². The summed E-state index contributed by atoms with van der Waals surface area (Å²) in [6.45, 7) is 3.06. The van der Waals surface area contributed by atoms with Crippen molar-refractivity contribution in [2.24, 2.45) is 5.92 Å². The molecule has 1 fully saturated rings. The lowest BCUT2D eigenvalue weighted by atomic mass is 10.0. The van der Waals surface area contributed by atoms with Crippen molar-refractivity contribution in [1.29, 1.82) is 0 Å². The summed E-state index contributed by atoms with van der Waals surface area (Å²) in [5, 5.41) is 3.54. The molecule has 2 unspecified atom stereocenters. The fourth-order valence-corrected chi connectivity index (χ4v) is 2.63. The van der Waals surface area contributed by atoms with Crippen LogP contribution in [0.1, 0.15) is 44.6 Å². The molecule has 1 saturated carbocycles. The summed E-state index contributed by atoms with van der Waals surface area (Å²) in [7, 11) is 0. The number of halogens is 1. The molecule has 0 amide bonds. The molecule has 1 aromatic carbocycles. The molecule has 0 aromatic heterocycles. The Hall–Kier alpha value is -1.09. The summed E-state index contributed by atoms with van der Waals surface area (Å²) >= 11 is 0. The van der Waals surface area contributed by atoms with Crippen molar-refractivity contribution < 1.29 is 4.39 Å². The van der Waals surface area contributed by atoms with Crippen LogP contribution < -0.4 is 11.1 Å². The molecule has 100 valence electrons. The van der Waals surface area contributed by atoms with Gasteiger partial charge in [-0.15, -0.1) is 0 Å². The molecule has 0 saturated heterocycles. The molecule has 3 N–H and O–H groups in total. The van der Waals surface area contributed by atoms with E-state index in [2.05, 4.69) is 12.2 Å². The maximum atomic E-state index is 13.3. The van der Waals surface area contributed by atoms with Gasteiger partial charge < -0.3 is 11.1 Å². The fourth-order valence-electron chi connectivity index (χ4n) is 2.63. The second kappa shape index (κ2) is 6.19. The number of anilines is 1. The normalized spacial score (nSPS) is 24.8. The third kappa shape index (κ3) is 3.70. The van der Waals surface area contributed by atoms with Gasteiger partial charge in [0, 0.05) is 12.6 Å². The fraction of sp³-hybridized carbons (Fsp3) is 0.600. The standard InChI is InChI=1S/C15H23FN2/c1-11-3-2-4-13(7-5-11)18-10-12-6-8-15(17)14(16)9-12/h6,8-9,11,13,18H,2-5,7,10,17H2,1H3. The Bertz CT molecular complexity index is 392. The molecular weight excluding hydrogens is 227 g/mol. The second-order valence-corrected chi connectivity index (χ2v) is 5.55. The highest BCUT2D eigenvalue weighted by Crippen LogP contribution is 2.23. The summed E-state index contributed by atoms with van der Waals surface area (Å²) in [6, 6.07) is 5.64. The summed E-state index contributed by atoms with van der Waals surface area (Å²) < 4.78 is 13.3. The third-order valence-electron chi connectivity index (χ3n) is 3.92. The Kier molecular flexibility index (Phi) is 4.59. The lowest BCUT2D eigenvalue weighted by molar-refractivity contribution is 0.447. The van der Waals surface area contributed by atoms with E-state index in [4.69, 9.17) is 5.73 Å². The molecular formula is C15H23FN2. The lowest BCUT2D eigenvalue weighted by Gasteiger charge is -2.16.